The van der Waals surface area contributed by atoms with Gasteiger partial charge in [-0.3, -0.25) is 10.1 Å². The van der Waals surface area contributed by atoms with E-state index >= 15 is 0 Å². The van der Waals surface area contributed by atoms with Crippen LogP contribution in [0.15, 0.2) is 24.3 Å². The number of carbonyl (C=O) groups is 1. The van der Waals surface area contributed by atoms with Gasteiger partial charge in [-0.25, -0.2) is 0 Å². The summed E-state index contributed by atoms with van der Waals surface area (Å²) in [6, 6.07) is 3.21. The van der Waals surface area contributed by atoms with Gasteiger partial charge in [0.1, 0.15) is 6.04 Å². The van der Waals surface area contributed by atoms with Crippen molar-refractivity contribution in [2.75, 3.05) is 0 Å². The molecule has 7 heteroatoms. The number of carboxylic acids is 1. The van der Waals surface area contributed by atoms with Crippen LogP contribution in [0.3, 0.4) is 0 Å². The number of aliphatic carboxylic acids is 1. The average Bonchev–Trinajstić information content (AvgIpc) is 2.27. The van der Waals surface area contributed by atoms with E-state index < -0.39 is 29.9 Å². The zero-order chi connectivity index (χ0) is 14.6. The lowest BCUT2D eigenvalue weighted by Gasteiger charge is -2.17. The highest BCUT2D eigenvalue weighted by atomic mass is 19.4. The monoisotopic (exact) mass is 277 g/mol. The first-order valence-electron chi connectivity index (χ1n) is 5.52. The molecule has 0 bridgehead atoms. The summed E-state index contributed by atoms with van der Waals surface area (Å²) >= 11 is 0. The Labute approximate surface area is 107 Å². The minimum absolute atomic E-state index is 0.0556. The lowest BCUT2D eigenvalue weighted by Crippen LogP contribution is -2.44. The van der Waals surface area contributed by atoms with Crippen molar-refractivity contribution in [3.05, 3.63) is 35.4 Å². The van der Waals surface area contributed by atoms with Gasteiger partial charge in [0, 0.05) is 6.54 Å². The Morgan fingerprint density at radius 2 is 1.84 bits per heavy atom. The average molecular weight is 277 g/mol. The second kappa shape index (κ2) is 6.03. The maximum Gasteiger partial charge on any atom is 0.416 e. The molecule has 106 valence electrons. The zero-order valence-electron chi connectivity index (χ0n) is 10.1. The summed E-state index contributed by atoms with van der Waals surface area (Å²) in [6.45, 7) is 1.37. The smallest absolute Gasteiger partial charge is 0.416 e. The maximum absolute atomic E-state index is 12.3. The molecule has 2 unspecified atom stereocenters. The molecule has 0 aliphatic heterocycles. The van der Waals surface area contributed by atoms with E-state index in [1.54, 1.807) is 0 Å². The highest BCUT2D eigenvalue weighted by Gasteiger charge is 2.30. The largest absolute Gasteiger partial charge is 0.480 e. The van der Waals surface area contributed by atoms with Crippen LogP contribution in [0.4, 0.5) is 13.2 Å². The van der Waals surface area contributed by atoms with Crippen LogP contribution in [0.1, 0.15) is 18.1 Å². The molecular weight excluding hydrogens is 263 g/mol. The van der Waals surface area contributed by atoms with Crippen molar-refractivity contribution >= 4 is 5.97 Å². The Hall–Kier alpha value is -1.60. The predicted molar refractivity (Wildman–Crippen MR) is 61.4 cm³/mol. The Balaban J connectivity index is 2.66. The van der Waals surface area contributed by atoms with E-state index in [1.165, 1.54) is 19.1 Å². The fraction of sp³-hybridized carbons (Fsp3) is 0.417. The number of halogens is 3. The quantitative estimate of drug-likeness (QED) is 0.765. The van der Waals surface area contributed by atoms with E-state index in [0.717, 1.165) is 12.1 Å². The number of aliphatic hydroxyl groups excluding tert-OH is 1. The van der Waals surface area contributed by atoms with Crippen LogP contribution >= 0.6 is 0 Å². The Bertz CT molecular complexity index is 429. The summed E-state index contributed by atoms with van der Waals surface area (Å²) in [6.07, 6.45) is -5.50. The molecule has 0 aliphatic rings. The van der Waals surface area contributed by atoms with Crippen LogP contribution in [0.5, 0.6) is 0 Å². The number of carboxylic acid groups (broad SMARTS) is 1. The lowest BCUT2D eigenvalue weighted by atomic mass is 10.1. The van der Waals surface area contributed by atoms with E-state index in [9.17, 15) is 23.1 Å². The molecule has 0 radical (unpaired) electrons. The molecule has 0 aliphatic carbocycles. The molecule has 0 spiro atoms. The van der Waals surface area contributed by atoms with Crippen molar-refractivity contribution in [1.82, 2.24) is 5.32 Å². The third-order valence-electron chi connectivity index (χ3n) is 2.56. The van der Waals surface area contributed by atoms with Crippen molar-refractivity contribution in [2.24, 2.45) is 0 Å². The SMILES string of the molecule is CC(O)C(NCc1ccc(C(F)(F)F)cc1)C(=O)O. The summed E-state index contributed by atoms with van der Waals surface area (Å²) < 4.78 is 37.0. The molecule has 3 N–H and O–H groups in total. The van der Waals surface area contributed by atoms with E-state index in [1.807, 2.05) is 0 Å². The number of hydrogen-bond donors (Lipinski definition) is 3. The number of nitrogens with one attached hydrogen (secondary N) is 1. The van der Waals surface area contributed by atoms with Gasteiger partial charge in [-0.15, -0.1) is 0 Å². The van der Waals surface area contributed by atoms with Crippen molar-refractivity contribution < 1.29 is 28.2 Å². The maximum atomic E-state index is 12.3. The highest BCUT2D eigenvalue weighted by molar-refractivity contribution is 5.74. The fourth-order valence-electron chi connectivity index (χ4n) is 1.50. The molecule has 1 aromatic rings. The summed E-state index contributed by atoms with van der Waals surface area (Å²) in [7, 11) is 0. The van der Waals surface area contributed by atoms with Gasteiger partial charge in [0.15, 0.2) is 0 Å². The van der Waals surface area contributed by atoms with Crippen LogP contribution in [-0.4, -0.2) is 28.3 Å². The van der Waals surface area contributed by atoms with Gasteiger partial charge in [-0.05, 0) is 24.6 Å². The molecule has 4 nitrogen and oxygen atoms in total. The molecule has 0 heterocycles. The van der Waals surface area contributed by atoms with Crippen LogP contribution in [-0.2, 0) is 17.5 Å². The Morgan fingerprint density at radius 3 is 2.21 bits per heavy atom. The summed E-state index contributed by atoms with van der Waals surface area (Å²) in [4.78, 5) is 10.8. The van der Waals surface area contributed by atoms with Crippen molar-refractivity contribution in [3.63, 3.8) is 0 Å². The van der Waals surface area contributed by atoms with Gasteiger partial charge in [0.2, 0.25) is 0 Å². The minimum atomic E-state index is -4.39. The molecule has 0 fully saturated rings. The first-order valence-corrected chi connectivity index (χ1v) is 5.52. The summed E-state index contributed by atoms with van der Waals surface area (Å²) in [5.74, 6) is -1.22. The highest BCUT2D eigenvalue weighted by Crippen LogP contribution is 2.29. The molecule has 1 aromatic carbocycles. The number of rotatable bonds is 5. The van der Waals surface area contributed by atoms with Gasteiger partial charge >= 0.3 is 12.1 Å². The number of benzene rings is 1. The molecule has 0 amide bonds. The number of hydrogen-bond acceptors (Lipinski definition) is 3. The van der Waals surface area contributed by atoms with Crippen LogP contribution < -0.4 is 5.32 Å². The molecule has 0 saturated carbocycles. The first kappa shape index (κ1) is 15.5. The van der Waals surface area contributed by atoms with Crippen LogP contribution in [0, 0.1) is 0 Å². The van der Waals surface area contributed by atoms with Crippen molar-refractivity contribution in [2.45, 2.75) is 31.8 Å². The van der Waals surface area contributed by atoms with Gasteiger partial charge in [0.05, 0.1) is 11.7 Å². The first-order chi connectivity index (χ1) is 8.71. The summed E-state index contributed by atoms with van der Waals surface area (Å²) in [5, 5.41) is 20.6. The minimum Gasteiger partial charge on any atom is -0.480 e. The molecule has 0 saturated heterocycles. The molecule has 1 rings (SSSR count). The van der Waals surface area contributed by atoms with Gasteiger partial charge in [0.25, 0.3) is 0 Å². The van der Waals surface area contributed by atoms with Crippen LogP contribution in [0.25, 0.3) is 0 Å². The second-order valence-corrected chi connectivity index (χ2v) is 4.13. The van der Waals surface area contributed by atoms with Crippen LogP contribution in [0.2, 0.25) is 0 Å². The van der Waals surface area contributed by atoms with Crippen molar-refractivity contribution in [3.8, 4) is 0 Å². The Kier molecular flexibility index (Phi) is 4.90. The normalized spacial score (nSPS) is 15.0. The second-order valence-electron chi connectivity index (χ2n) is 4.13. The third-order valence-corrected chi connectivity index (χ3v) is 2.56. The molecule has 0 aromatic heterocycles. The lowest BCUT2D eigenvalue weighted by molar-refractivity contribution is -0.142. The van der Waals surface area contributed by atoms with E-state index in [-0.39, 0.29) is 6.54 Å². The predicted octanol–water partition coefficient (Wildman–Crippen LogP) is 1.63. The molecule has 2 atom stereocenters. The van der Waals surface area contributed by atoms with Gasteiger partial charge < -0.3 is 10.2 Å². The van der Waals surface area contributed by atoms with E-state index in [0.29, 0.717) is 5.56 Å². The standard InChI is InChI=1S/C12H14F3NO3/c1-7(17)10(11(18)19)16-6-8-2-4-9(5-3-8)12(13,14)15/h2-5,7,10,16-17H,6H2,1H3,(H,18,19). The third kappa shape index (κ3) is 4.53. The summed E-state index contributed by atoms with van der Waals surface area (Å²) in [5.41, 5.74) is -0.263. The zero-order valence-corrected chi connectivity index (χ0v) is 10.1. The topological polar surface area (TPSA) is 69.6 Å². The number of aliphatic hydroxyl groups is 1. The molecular formula is C12H14F3NO3. The number of alkyl halides is 3. The van der Waals surface area contributed by atoms with Crippen molar-refractivity contribution in [1.29, 1.82) is 0 Å². The molecule has 19 heavy (non-hydrogen) atoms. The Morgan fingerprint density at radius 1 is 1.32 bits per heavy atom. The van der Waals surface area contributed by atoms with E-state index in [2.05, 4.69) is 5.32 Å². The van der Waals surface area contributed by atoms with Gasteiger partial charge in [-0.2, -0.15) is 13.2 Å². The fourth-order valence-corrected chi connectivity index (χ4v) is 1.50. The van der Waals surface area contributed by atoms with Gasteiger partial charge in [-0.1, -0.05) is 12.1 Å². The van der Waals surface area contributed by atoms with E-state index in [4.69, 9.17) is 5.11 Å².